The molecule has 1 unspecified atom stereocenters. The molecule has 0 radical (unpaired) electrons. The van der Waals surface area contributed by atoms with Crippen LogP contribution in [-0.4, -0.2) is 23.1 Å². The van der Waals surface area contributed by atoms with Gasteiger partial charge in [-0.2, -0.15) is 11.8 Å². The van der Waals surface area contributed by atoms with Crippen LogP contribution in [0.2, 0.25) is 0 Å². The highest BCUT2D eigenvalue weighted by Gasteiger charge is 2.30. The van der Waals surface area contributed by atoms with Crippen LogP contribution in [0.3, 0.4) is 0 Å². The third kappa shape index (κ3) is 2.53. The van der Waals surface area contributed by atoms with Crippen LogP contribution in [0.4, 0.5) is 0 Å². The van der Waals surface area contributed by atoms with Crippen molar-refractivity contribution in [3.05, 3.63) is 35.4 Å². The number of rotatable bonds is 3. The number of benzene rings is 1. The summed E-state index contributed by atoms with van der Waals surface area (Å²) in [5.41, 5.74) is 3.10. The molecule has 17 heavy (non-hydrogen) atoms. The summed E-state index contributed by atoms with van der Waals surface area (Å²) in [5, 5.41) is 3.79. The first kappa shape index (κ1) is 11.6. The molecule has 1 fully saturated rings. The Morgan fingerprint density at radius 3 is 2.59 bits per heavy atom. The smallest absolute Gasteiger partial charge is 0.0256 e. The highest BCUT2D eigenvalue weighted by atomic mass is 32.2. The Hall–Kier alpha value is -0.470. The predicted octanol–water partition coefficient (Wildman–Crippen LogP) is 3.03. The summed E-state index contributed by atoms with van der Waals surface area (Å²) in [5.74, 6) is 1.35. The lowest BCUT2D eigenvalue weighted by Crippen LogP contribution is -2.39. The normalized spacial score (nSPS) is 28.5. The van der Waals surface area contributed by atoms with E-state index >= 15 is 0 Å². The predicted molar refractivity (Wildman–Crippen MR) is 75.7 cm³/mol. The van der Waals surface area contributed by atoms with Crippen LogP contribution < -0.4 is 5.32 Å². The molecule has 2 aliphatic rings. The summed E-state index contributed by atoms with van der Waals surface area (Å²) in [6, 6.07) is 9.56. The zero-order valence-corrected chi connectivity index (χ0v) is 11.4. The molecule has 0 saturated carbocycles. The van der Waals surface area contributed by atoms with Gasteiger partial charge in [0, 0.05) is 17.3 Å². The molecule has 1 heterocycles. The van der Waals surface area contributed by atoms with Crippen LogP contribution >= 0.6 is 11.8 Å². The van der Waals surface area contributed by atoms with E-state index in [1.165, 1.54) is 38.0 Å². The topological polar surface area (TPSA) is 12.0 Å². The van der Waals surface area contributed by atoms with Crippen LogP contribution in [0.25, 0.3) is 0 Å². The number of nitrogens with one attached hydrogen (secondary N) is 1. The number of hydrogen-bond donors (Lipinski definition) is 1. The summed E-state index contributed by atoms with van der Waals surface area (Å²) >= 11 is 2.15. The molecular weight excluding hydrogens is 226 g/mol. The monoisotopic (exact) mass is 247 g/mol. The number of hydrogen-bond acceptors (Lipinski definition) is 2. The van der Waals surface area contributed by atoms with Crippen LogP contribution in [0.1, 0.15) is 30.9 Å². The first-order valence-corrected chi connectivity index (χ1v) is 7.68. The summed E-state index contributed by atoms with van der Waals surface area (Å²) < 4.78 is 0.495. The van der Waals surface area contributed by atoms with E-state index in [0.29, 0.717) is 10.8 Å². The lowest BCUT2D eigenvalue weighted by Gasteiger charge is -2.25. The Morgan fingerprint density at radius 1 is 1.29 bits per heavy atom. The zero-order valence-electron chi connectivity index (χ0n) is 10.5. The Kier molecular flexibility index (Phi) is 3.18. The zero-order chi connectivity index (χ0) is 11.7. The lowest BCUT2D eigenvalue weighted by molar-refractivity contribution is 0.470. The molecule has 0 aromatic heterocycles. The Morgan fingerprint density at radius 2 is 2.00 bits per heavy atom. The van der Waals surface area contributed by atoms with Gasteiger partial charge in [0.05, 0.1) is 0 Å². The van der Waals surface area contributed by atoms with Gasteiger partial charge in [0.1, 0.15) is 0 Å². The van der Waals surface area contributed by atoms with Gasteiger partial charge in [0.2, 0.25) is 0 Å². The Labute approximate surface area is 108 Å². The number of thioether (sulfide) groups is 1. The van der Waals surface area contributed by atoms with Crippen molar-refractivity contribution < 1.29 is 0 Å². The van der Waals surface area contributed by atoms with Crippen molar-refractivity contribution in [3.63, 3.8) is 0 Å². The van der Waals surface area contributed by atoms with Crippen LogP contribution in [0.5, 0.6) is 0 Å². The van der Waals surface area contributed by atoms with Crippen molar-refractivity contribution >= 4 is 11.8 Å². The number of fused-ring (bicyclic) bond motifs is 1. The van der Waals surface area contributed by atoms with Gasteiger partial charge in [-0.3, -0.25) is 0 Å². The maximum absolute atomic E-state index is 3.79. The summed E-state index contributed by atoms with van der Waals surface area (Å²) in [7, 11) is 0. The van der Waals surface area contributed by atoms with Gasteiger partial charge in [-0.15, -0.1) is 0 Å². The van der Waals surface area contributed by atoms with E-state index in [-0.39, 0.29) is 0 Å². The van der Waals surface area contributed by atoms with Crippen molar-refractivity contribution in [1.82, 2.24) is 5.32 Å². The van der Waals surface area contributed by atoms with Crippen molar-refractivity contribution in [3.8, 4) is 0 Å². The van der Waals surface area contributed by atoms with Gasteiger partial charge < -0.3 is 5.32 Å². The van der Waals surface area contributed by atoms with Gasteiger partial charge in [0.15, 0.2) is 0 Å². The quantitative estimate of drug-likeness (QED) is 0.881. The van der Waals surface area contributed by atoms with Crippen LogP contribution in [-0.2, 0) is 12.8 Å². The fourth-order valence-electron chi connectivity index (χ4n) is 3.04. The summed E-state index contributed by atoms with van der Waals surface area (Å²) in [6.45, 7) is 3.59. The second kappa shape index (κ2) is 4.66. The molecular formula is C15H21NS. The van der Waals surface area contributed by atoms with Crippen LogP contribution in [0, 0.1) is 0 Å². The van der Waals surface area contributed by atoms with E-state index in [9.17, 15) is 0 Å². The average Bonchev–Trinajstić information content (AvgIpc) is 2.93. The van der Waals surface area contributed by atoms with Crippen molar-refractivity contribution in [1.29, 1.82) is 0 Å². The minimum atomic E-state index is 0.495. The molecule has 0 bridgehead atoms. The van der Waals surface area contributed by atoms with Gasteiger partial charge >= 0.3 is 0 Å². The second-order valence-electron chi connectivity index (χ2n) is 5.66. The molecule has 92 valence electrons. The van der Waals surface area contributed by atoms with Gasteiger partial charge in [-0.25, -0.2) is 0 Å². The molecule has 1 aliphatic carbocycles. The minimum Gasteiger partial charge on any atom is -0.312 e. The molecule has 1 atom stereocenters. The maximum Gasteiger partial charge on any atom is 0.0256 e. The van der Waals surface area contributed by atoms with E-state index in [4.69, 9.17) is 0 Å². The third-order valence-corrected chi connectivity index (χ3v) is 5.65. The molecule has 0 amide bonds. The SMILES string of the molecule is CC1(CNC2Cc3ccccc3C2)CCCS1. The van der Waals surface area contributed by atoms with Crippen LogP contribution in [0.15, 0.2) is 24.3 Å². The average molecular weight is 247 g/mol. The molecule has 1 nitrogen and oxygen atoms in total. The Balaban J connectivity index is 1.55. The molecule has 1 N–H and O–H groups in total. The first-order chi connectivity index (χ1) is 8.25. The highest BCUT2D eigenvalue weighted by molar-refractivity contribution is 8.00. The molecule has 1 aliphatic heterocycles. The minimum absolute atomic E-state index is 0.495. The third-order valence-electron chi connectivity index (χ3n) is 4.12. The lowest BCUT2D eigenvalue weighted by atomic mass is 10.0. The van der Waals surface area contributed by atoms with E-state index in [2.05, 4.69) is 48.3 Å². The van der Waals surface area contributed by atoms with E-state index in [1.54, 1.807) is 11.1 Å². The van der Waals surface area contributed by atoms with E-state index < -0.39 is 0 Å². The van der Waals surface area contributed by atoms with Crippen molar-refractivity contribution in [2.45, 2.75) is 43.4 Å². The molecule has 0 spiro atoms. The van der Waals surface area contributed by atoms with Gasteiger partial charge in [0.25, 0.3) is 0 Å². The van der Waals surface area contributed by atoms with E-state index in [0.717, 1.165) is 0 Å². The van der Waals surface area contributed by atoms with Gasteiger partial charge in [-0.05, 0) is 49.5 Å². The molecule has 3 rings (SSSR count). The standard InChI is InChI=1S/C15H21NS/c1-15(7-4-8-17-15)11-16-14-9-12-5-2-3-6-13(12)10-14/h2-3,5-6,14,16H,4,7-11H2,1H3. The summed E-state index contributed by atoms with van der Waals surface area (Å²) in [4.78, 5) is 0. The maximum atomic E-state index is 3.79. The second-order valence-corrected chi connectivity index (χ2v) is 7.34. The Bertz CT molecular complexity index is 371. The first-order valence-electron chi connectivity index (χ1n) is 6.69. The molecule has 2 heteroatoms. The fraction of sp³-hybridized carbons (Fsp3) is 0.600. The largest absolute Gasteiger partial charge is 0.312 e. The summed E-state index contributed by atoms with van der Waals surface area (Å²) in [6.07, 6.45) is 5.21. The molecule has 1 saturated heterocycles. The molecule has 1 aromatic rings. The fourth-order valence-corrected chi connectivity index (χ4v) is 4.30. The van der Waals surface area contributed by atoms with Gasteiger partial charge in [-0.1, -0.05) is 24.3 Å². The van der Waals surface area contributed by atoms with Crippen molar-refractivity contribution in [2.75, 3.05) is 12.3 Å². The highest BCUT2D eigenvalue weighted by Crippen LogP contribution is 2.37. The van der Waals surface area contributed by atoms with E-state index in [1.807, 2.05) is 0 Å². The molecule has 1 aromatic carbocycles. The van der Waals surface area contributed by atoms with Crippen molar-refractivity contribution in [2.24, 2.45) is 0 Å².